The predicted molar refractivity (Wildman–Crippen MR) is 322 cm³/mol. The smallest absolute Gasteiger partial charge is 0.406 e. The molecule has 3 aromatic heterocycles. The summed E-state index contributed by atoms with van der Waals surface area (Å²) in [7, 11) is 0. The quantitative estimate of drug-likeness (QED) is 0.0220. The number of nitrogens with one attached hydrogen (secondary N) is 4. The number of carbonyl (C=O) groups is 6. The minimum atomic E-state index is -4.84. The van der Waals surface area contributed by atoms with Gasteiger partial charge in [-0.05, 0) is 103 Å². The molecule has 1 saturated heterocycles. The molecule has 464 valence electrons. The molecule has 7 N–H and O–H groups in total. The van der Waals surface area contributed by atoms with Gasteiger partial charge < -0.3 is 51.2 Å². The second-order valence-electron chi connectivity index (χ2n) is 23.9. The topological polar surface area (TPSA) is 256 Å². The van der Waals surface area contributed by atoms with E-state index < -0.39 is 59.4 Å². The van der Waals surface area contributed by atoms with Gasteiger partial charge in [0.15, 0.2) is 5.67 Å². The van der Waals surface area contributed by atoms with Crippen molar-refractivity contribution in [2.75, 3.05) is 36.8 Å². The minimum absolute atomic E-state index is 0.0375. The maximum Gasteiger partial charge on any atom is 0.573 e. The summed E-state index contributed by atoms with van der Waals surface area (Å²) in [6.45, 7) is 8.78. The molecule has 6 amide bonds. The summed E-state index contributed by atoms with van der Waals surface area (Å²) in [5, 5.41) is 23.1. The number of nitrogens with zero attached hydrogens (tertiary/aromatic N) is 6. The first kappa shape index (κ1) is 63.5. The van der Waals surface area contributed by atoms with Crippen molar-refractivity contribution in [2.24, 2.45) is 5.41 Å². The van der Waals surface area contributed by atoms with Gasteiger partial charge in [-0.3, -0.25) is 28.8 Å². The van der Waals surface area contributed by atoms with Gasteiger partial charge >= 0.3 is 6.36 Å². The van der Waals surface area contributed by atoms with E-state index >= 15 is 0 Å². The number of alkyl halides is 4. The Balaban J connectivity index is 0.698. The Morgan fingerprint density at radius 3 is 2.29 bits per heavy atom. The number of aliphatic hydroxyl groups is 1. The van der Waals surface area contributed by atoms with Gasteiger partial charge in [-0.25, -0.2) is 19.3 Å². The molecule has 24 heteroatoms. The number of anilines is 2. The molecule has 19 nitrogen and oxygen atoms in total. The fraction of sp³-hybridized carbons (Fsp3) is 0.476. The third-order valence-electron chi connectivity index (χ3n) is 16.2. The number of carbonyl (C=O) groups excluding carboxylic acids is 6. The van der Waals surface area contributed by atoms with Crippen molar-refractivity contribution in [3.8, 4) is 27.3 Å². The van der Waals surface area contributed by atoms with Crippen LogP contribution < -0.4 is 36.6 Å². The van der Waals surface area contributed by atoms with Crippen LogP contribution in [0.25, 0.3) is 32.6 Å². The summed E-state index contributed by atoms with van der Waals surface area (Å²) in [4.78, 5) is 98.0. The highest BCUT2D eigenvalue weighted by atomic mass is 32.1. The monoisotopic (exact) mass is 1220 g/mol. The number of nitrogen functional groups attached to an aromatic ring is 1. The summed E-state index contributed by atoms with van der Waals surface area (Å²) >= 11 is 1.50. The Kier molecular flexibility index (Phi) is 20.0. The van der Waals surface area contributed by atoms with Crippen LogP contribution in [0.3, 0.4) is 0 Å². The van der Waals surface area contributed by atoms with Gasteiger partial charge in [0.1, 0.15) is 35.6 Å². The van der Waals surface area contributed by atoms with Crippen molar-refractivity contribution in [3.63, 3.8) is 0 Å². The average molecular weight is 1220 g/mol. The van der Waals surface area contributed by atoms with Crippen molar-refractivity contribution < 1.29 is 56.2 Å². The zero-order chi connectivity index (χ0) is 62.2. The van der Waals surface area contributed by atoms with E-state index in [1.54, 1.807) is 37.2 Å². The summed E-state index contributed by atoms with van der Waals surface area (Å²) in [6.07, 6.45) is 3.96. The standard InChI is InChI=1S/C63H75F4N11O8S/c1-38-54(87-37-73-38)41-18-16-40(17-19-41)47(74-58(83)49-32-44(79)34-78(49)59(84)55(61(2,3)4)75-60(85)62(64)23-24-62)33-51(81)70-25-10-8-6-5-7-9-15-50(80)69-26-12-27-76-35-46(53-56(68)71-36-72-57(53)76)42-20-21-48-43(31-42)22-28-77(48)52(82)30-39-13-11-14-45(29-39)86-63(65,66)67/h11,13-14,16-21,29,31,35-37,44,47,49,55,79H,5-10,12,15,22-28,30,32-34H2,1-4H3,(H,69,80)(H,70,81)(H,74,83)(H,75,85)(H2,68,71,72)/t44-,47+,49+,55?/m1/s1. The number of rotatable bonds is 26. The fourth-order valence-corrected chi connectivity index (χ4v) is 12.2. The third-order valence-corrected chi connectivity index (χ3v) is 17.2. The molecule has 3 aromatic carbocycles. The number of fused-ring (bicyclic) bond motifs is 2. The highest BCUT2D eigenvalue weighted by Crippen LogP contribution is 2.41. The van der Waals surface area contributed by atoms with E-state index in [0.29, 0.717) is 73.4 Å². The lowest BCUT2D eigenvalue weighted by Gasteiger charge is -2.36. The van der Waals surface area contributed by atoms with E-state index in [1.807, 2.05) is 60.2 Å². The molecule has 1 unspecified atom stereocenters. The summed E-state index contributed by atoms with van der Waals surface area (Å²) in [5.41, 5.74) is 12.2. The Morgan fingerprint density at radius 1 is 0.862 bits per heavy atom. The highest BCUT2D eigenvalue weighted by Gasteiger charge is 2.53. The number of aromatic nitrogens is 4. The van der Waals surface area contributed by atoms with Crippen LogP contribution in [0.4, 0.5) is 29.1 Å². The van der Waals surface area contributed by atoms with Crippen LogP contribution in [-0.4, -0.2) is 121 Å². The van der Waals surface area contributed by atoms with Crippen LogP contribution in [0.1, 0.15) is 126 Å². The first-order chi connectivity index (χ1) is 41.4. The normalized spacial score (nSPS) is 16.9. The number of β-amino-alcohol motifs (C(OH)–C–C–N with tert-alkyl or cyclic N) is 1. The number of halogens is 4. The van der Waals surface area contributed by atoms with E-state index in [1.165, 1.54) is 40.8 Å². The van der Waals surface area contributed by atoms with Gasteiger partial charge in [0.05, 0.1) is 46.5 Å². The fourth-order valence-electron chi connectivity index (χ4n) is 11.3. The summed E-state index contributed by atoms with van der Waals surface area (Å²) in [5.74, 6) is -2.70. The van der Waals surface area contributed by atoms with E-state index in [2.05, 4.69) is 41.0 Å². The SMILES string of the molecule is Cc1ncsc1-c1ccc([C@H](CC(=O)NCCCCCCCCC(=O)NCCCn2cc(-c3ccc4c(c3)CCN4C(=O)Cc3cccc(OC(F)(F)F)c3)c3c(N)ncnc32)NC(=O)[C@@H]2C[C@@H](O)CN2C(=O)C(NC(=O)C2(F)CC2)C(C)(C)C)cc1. The van der Waals surface area contributed by atoms with E-state index in [9.17, 15) is 51.4 Å². The molecule has 0 spiro atoms. The van der Waals surface area contributed by atoms with Crippen molar-refractivity contribution in [3.05, 3.63) is 107 Å². The molecule has 9 rings (SSSR count). The van der Waals surface area contributed by atoms with Gasteiger partial charge in [-0.15, -0.1) is 24.5 Å². The zero-order valence-electron chi connectivity index (χ0n) is 49.3. The van der Waals surface area contributed by atoms with Crippen LogP contribution >= 0.6 is 11.3 Å². The Labute approximate surface area is 506 Å². The van der Waals surface area contributed by atoms with Gasteiger partial charge in [0, 0.05) is 63.0 Å². The third kappa shape index (κ3) is 16.2. The molecule has 2 aliphatic heterocycles. The number of aryl methyl sites for hydroxylation is 2. The van der Waals surface area contributed by atoms with Gasteiger partial charge in [0.25, 0.3) is 5.91 Å². The first-order valence-electron chi connectivity index (χ1n) is 29.6. The van der Waals surface area contributed by atoms with E-state index in [0.717, 1.165) is 77.0 Å². The second-order valence-corrected chi connectivity index (χ2v) is 24.8. The maximum atomic E-state index is 14.8. The average Bonchev–Trinajstić information content (AvgIpc) is 1.72. The zero-order valence-corrected chi connectivity index (χ0v) is 50.1. The number of amides is 6. The first-order valence-corrected chi connectivity index (χ1v) is 30.5. The number of unbranched alkanes of at least 4 members (excludes halogenated alkanes) is 5. The molecule has 2 fully saturated rings. The Bertz CT molecular complexity index is 3470. The molecule has 6 aromatic rings. The lowest BCUT2D eigenvalue weighted by Crippen LogP contribution is -2.59. The molecular weight excluding hydrogens is 1150 g/mol. The van der Waals surface area contributed by atoms with Crippen LogP contribution in [-0.2, 0) is 48.2 Å². The highest BCUT2D eigenvalue weighted by molar-refractivity contribution is 7.13. The molecular formula is C63H75F4N11O8S. The van der Waals surface area contributed by atoms with Crippen molar-refractivity contribution in [1.82, 2.24) is 45.7 Å². The number of hydrogen-bond donors (Lipinski definition) is 6. The molecule has 5 heterocycles. The summed E-state index contributed by atoms with van der Waals surface area (Å²) in [6, 6.07) is 15.6. The van der Waals surface area contributed by atoms with Gasteiger partial charge in [-0.2, -0.15) is 0 Å². The molecule has 87 heavy (non-hydrogen) atoms. The van der Waals surface area contributed by atoms with Crippen molar-refractivity contribution >= 4 is 69.3 Å². The number of benzene rings is 3. The van der Waals surface area contributed by atoms with Gasteiger partial charge in [0.2, 0.25) is 29.5 Å². The van der Waals surface area contributed by atoms with Crippen LogP contribution in [0.2, 0.25) is 0 Å². The maximum absolute atomic E-state index is 14.8. The second kappa shape index (κ2) is 27.4. The minimum Gasteiger partial charge on any atom is -0.406 e. The van der Waals surface area contributed by atoms with Crippen LogP contribution in [0.5, 0.6) is 5.75 Å². The number of ether oxygens (including phenoxy) is 1. The van der Waals surface area contributed by atoms with Crippen LogP contribution in [0, 0.1) is 12.3 Å². The molecule has 1 aliphatic carbocycles. The van der Waals surface area contributed by atoms with Gasteiger partial charge in [-0.1, -0.05) is 88.9 Å². The number of likely N-dealkylation sites (tertiary alicyclic amines) is 1. The number of thiazole rings is 1. The summed E-state index contributed by atoms with van der Waals surface area (Å²) < 4.78 is 59.2. The molecule has 3 aliphatic rings. The molecule has 0 bridgehead atoms. The largest absolute Gasteiger partial charge is 0.573 e. The van der Waals surface area contributed by atoms with Crippen molar-refractivity contribution in [1.29, 1.82) is 0 Å². The molecule has 1 saturated carbocycles. The lowest BCUT2D eigenvalue weighted by molar-refractivity contribution is -0.274. The van der Waals surface area contributed by atoms with Crippen molar-refractivity contribution in [2.45, 2.75) is 160 Å². The van der Waals surface area contributed by atoms with E-state index in [4.69, 9.17) is 5.73 Å². The number of nitrogens with two attached hydrogens (primary N) is 1. The van der Waals surface area contributed by atoms with Crippen LogP contribution in [0.15, 0.2) is 84.8 Å². The Hall–Kier alpha value is -7.99. The predicted octanol–water partition coefficient (Wildman–Crippen LogP) is 8.74. The Morgan fingerprint density at radius 2 is 1.57 bits per heavy atom. The van der Waals surface area contributed by atoms with E-state index in [-0.39, 0.29) is 62.1 Å². The lowest BCUT2D eigenvalue weighted by atomic mass is 9.85. The molecule has 0 radical (unpaired) electrons. The number of aliphatic hydroxyl groups excluding tert-OH is 1. The number of hydrogen-bond acceptors (Lipinski definition) is 13. The molecule has 4 atom stereocenters.